The summed E-state index contributed by atoms with van der Waals surface area (Å²) in [4.78, 5) is 32.5. The zero-order valence-corrected chi connectivity index (χ0v) is 16.3. The summed E-state index contributed by atoms with van der Waals surface area (Å²) in [5, 5.41) is 9.23. The molecule has 8 nitrogen and oxygen atoms in total. The number of benzene rings is 1. The summed E-state index contributed by atoms with van der Waals surface area (Å²) in [5.74, 6) is -0.366. The first-order valence-corrected chi connectivity index (χ1v) is 10.2. The van der Waals surface area contributed by atoms with Crippen molar-refractivity contribution in [2.24, 2.45) is 0 Å². The van der Waals surface area contributed by atoms with Gasteiger partial charge in [0.25, 0.3) is 11.8 Å². The van der Waals surface area contributed by atoms with E-state index in [1.807, 2.05) is 51.0 Å². The highest BCUT2D eigenvalue weighted by Crippen LogP contribution is 2.19. The van der Waals surface area contributed by atoms with Crippen LogP contribution in [-0.2, 0) is 13.1 Å². The van der Waals surface area contributed by atoms with Crippen molar-refractivity contribution in [3.05, 3.63) is 71.3 Å². The lowest BCUT2D eigenvalue weighted by Gasteiger charge is -2.18. The van der Waals surface area contributed by atoms with Crippen molar-refractivity contribution in [2.45, 2.75) is 19.5 Å². The zero-order valence-electron chi connectivity index (χ0n) is 15.5. The monoisotopic (exact) mass is 406 g/mol. The van der Waals surface area contributed by atoms with E-state index in [0.29, 0.717) is 31.0 Å². The maximum Gasteiger partial charge on any atom is 0.276 e. The molecule has 0 aliphatic carbocycles. The number of para-hydroxylation sites is 1. The molecular formula is C20H18N6O2S. The molecule has 29 heavy (non-hydrogen) atoms. The van der Waals surface area contributed by atoms with E-state index in [4.69, 9.17) is 0 Å². The van der Waals surface area contributed by atoms with Crippen LogP contribution >= 0.6 is 11.3 Å². The fourth-order valence-corrected chi connectivity index (χ4v) is 4.16. The van der Waals surface area contributed by atoms with Crippen LogP contribution in [0.4, 0.5) is 5.69 Å². The van der Waals surface area contributed by atoms with Gasteiger partial charge in [-0.05, 0) is 24.6 Å². The Morgan fingerprint density at radius 3 is 2.79 bits per heavy atom. The number of rotatable bonds is 3. The average Bonchev–Trinajstić information content (AvgIpc) is 3.40. The lowest BCUT2D eigenvalue weighted by atomic mass is 10.2. The molecule has 1 aliphatic heterocycles. The van der Waals surface area contributed by atoms with Gasteiger partial charge in [0.05, 0.1) is 12.2 Å². The van der Waals surface area contributed by atoms with Gasteiger partial charge in [-0.25, -0.2) is 4.98 Å². The number of carbonyl (C=O) groups is 2. The molecule has 2 amide bonds. The van der Waals surface area contributed by atoms with E-state index in [1.165, 1.54) is 11.3 Å². The van der Waals surface area contributed by atoms with Gasteiger partial charge in [0, 0.05) is 36.6 Å². The Morgan fingerprint density at radius 1 is 1.10 bits per heavy atom. The molecule has 0 fully saturated rings. The number of nitrogens with one attached hydrogen (secondary N) is 1. The second-order valence-electron chi connectivity index (χ2n) is 6.86. The van der Waals surface area contributed by atoms with Crippen LogP contribution in [0, 0.1) is 0 Å². The number of nitrogens with zero attached hydrogens (tertiary/aromatic N) is 5. The number of thiazole rings is 1. The molecule has 1 aliphatic rings. The number of hydrogen-bond donors (Lipinski definition) is 1. The lowest BCUT2D eigenvalue weighted by Crippen LogP contribution is -2.31. The van der Waals surface area contributed by atoms with Crippen LogP contribution in [0.25, 0.3) is 4.96 Å². The minimum Gasteiger partial charge on any atom is -0.331 e. The van der Waals surface area contributed by atoms with Gasteiger partial charge in [0.1, 0.15) is 5.69 Å². The summed E-state index contributed by atoms with van der Waals surface area (Å²) in [6.45, 7) is 1.69. The lowest BCUT2D eigenvalue weighted by molar-refractivity contribution is 0.0740. The Hall–Kier alpha value is -3.46. The number of aryl methyl sites for hydroxylation is 1. The topological polar surface area (TPSA) is 84.5 Å². The molecule has 0 spiro atoms. The minimum atomic E-state index is -0.260. The standard InChI is InChI=1S/C20H18N6O2S/c27-18(21-14-5-2-1-3-6-14)16-11-15-12-24(7-4-8-26(15)23-16)19(28)17-13-25-9-10-29-20(25)22-17/h1-3,5-6,9-11,13H,4,7-8,12H2,(H,21,27). The number of aromatic nitrogens is 4. The van der Waals surface area contributed by atoms with Crippen molar-refractivity contribution in [3.8, 4) is 0 Å². The highest BCUT2D eigenvalue weighted by Gasteiger charge is 2.25. The summed E-state index contributed by atoms with van der Waals surface area (Å²) in [6.07, 6.45) is 4.41. The first-order chi connectivity index (χ1) is 14.2. The van der Waals surface area contributed by atoms with Crippen LogP contribution in [0.1, 0.15) is 33.1 Å². The molecule has 4 aromatic rings. The zero-order chi connectivity index (χ0) is 19.8. The van der Waals surface area contributed by atoms with Crippen LogP contribution < -0.4 is 5.32 Å². The number of amides is 2. The third kappa shape index (κ3) is 3.40. The third-order valence-electron chi connectivity index (χ3n) is 4.88. The van der Waals surface area contributed by atoms with Gasteiger partial charge in [0.2, 0.25) is 0 Å². The van der Waals surface area contributed by atoms with E-state index in [0.717, 1.165) is 22.8 Å². The van der Waals surface area contributed by atoms with Crippen LogP contribution in [0.5, 0.6) is 0 Å². The Labute approximate surface area is 170 Å². The third-order valence-corrected chi connectivity index (χ3v) is 5.65. The Kier molecular flexibility index (Phi) is 4.36. The van der Waals surface area contributed by atoms with Gasteiger partial charge < -0.3 is 10.2 Å². The van der Waals surface area contributed by atoms with Crippen LogP contribution in [0.2, 0.25) is 0 Å². The minimum absolute atomic E-state index is 0.106. The number of imidazole rings is 1. The molecular weight excluding hydrogens is 388 g/mol. The Balaban J connectivity index is 1.35. The van der Waals surface area contributed by atoms with Crippen molar-refractivity contribution in [1.29, 1.82) is 0 Å². The molecule has 4 heterocycles. The fraction of sp³-hybridized carbons (Fsp3) is 0.200. The van der Waals surface area contributed by atoms with Crippen LogP contribution in [0.3, 0.4) is 0 Å². The van der Waals surface area contributed by atoms with Crippen molar-refractivity contribution >= 4 is 33.8 Å². The normalized spacial score (nSPS) is 13.9. The van der Waals surface area contributed by atoms with E-state index in [1.54, 1.807) is 17.2 Å². The second kappa shape index (κ2) is 7.17. The summed E-state index contributed by atoms with van der Waals surface area (Å²) < 4.78 is 3.67. The van der Waals surface area contributed by atoms with Crippen LogP contribution in [0.15, 0.2) is 54.2 Å². The summed E-state index contributed by atoms with van der Waals surface area (Å²) >= 11 is 1.49. The maximum atomic E-state index is 13.0. The first-order valence-electron chi connectivity index (χ1n) is 9.32. The van der Waals surface area contributed by atoms with Crippen molar-refractivity contribution in [2.75, 3.05) is 11.9 Å². The number of carbonyl (C=O) groups excluding carboxylic acids is 2. The Bertz CT molecular complexity index is 1160. The molecule has 0 saturated heterocycles. The summed E-state index contributed by atoms with van der Waals surface area (Å²) in [6, 6.07) is 11.0. The quantitative estimate of drug-likeness (QED) is 0.567. The molecule has 3 aromatic heterocycles. The molecule has 0 atom stereocenters. The van der Waals surface area contributed by atoms with E-state index in [9.17, 15) is 9.59 Å². The molecule has 0 unspecified atom stereocenters. The molecule has 146 valence electrons. The molecule has 0 bridgehead atoms. The summed E-state index contributed by atoms with van der Waals surface area (Å²) in [7, 11) is 0. The van der Waals surface area contributed by atoms with Gasteiger partial charge >= 0.3 is 0 Å². The number of fused-ring (bicyclic) bond motifs is 2. The predicted molar refractivity (Wildman–Crippen MR) is 109 cm³/mol. The van der Waals surface area contributed by atoms with Crippen LogP contribution in [-0.4, -0.2) is 42.4 Å². The summed E-state index contributed by atoms with van der Waals surface area (Å²) in [5.41, 5.74) is 2.35. The largest absolute Gasteiger partial charge is 0.331 e. The SMILES string of the molecule is O=C(Nc1ccccc1)c1cc2n(n1)CCCN(C(=O)c1cn3ccsc3n1)C2. The molecule has 5 rings (SSSR count). The first kappa shape index (κ1) is 17.6. The predicted octanol–water partition coefficient (Wildman–Crippen LogP) is 2.89. The van der Waals surface area contributed by atoms with E-state index >= 15 is 0 Å². The Morgan fingerprint density at radius 2 is 1.97 bits per heavy atom. The van der Waals surface area contributed by atoms with Crippen molar-refractivity contribution in [1.82, 2.24) is 24.1 Å². The van der Waals surface area contributed by atoms with Gasteiger partial charge in [-0.1, -0.05) is 18.2 Å². The smallest absolute Gasteiger partial charge is 0.276 e. The number of anilines is 1. The van der Waals surface area contributed by atoms with Crippen molar-refractivity contribution in [3.63, 3.8) is 0 Å². The highest BCUT2D eigenvalue weighted by atomic mass is 32.1. The van der Waals surface area contributed by atoms with E-state index in [2.05, 4.69) is 15.4 Å². The fourth-order valence-electron chi connectivity index (χ4n) is 3.46. The molecule has 1 N–H and O–H groups in total. The molecule has 1 aromatic carbocycles. The maximum absolute atomic E-state index is 13.0. The van der Waals surface area contributed by atoms with Gasteiger partial charge in [-0.2, -0.15) is 5.10 Å². The molecule has 9 heteroatoms. The van der Waals surface area contributed by atoms with Crippen molar-refractivity contribution < 1.29 is 9.59 Å². The van der Waals surface area contributed by atoms with E-state index in [-0.39, 0.29) is 11.8 Å². The van der Waals surface area contributed by atoms with Gasteiger partial charge in [-0.15, -0.1) is 11.3 Å². The molecule has 0 saturated carbocycles. The van der Waals surface area contributed by atoms with E-state index < -0.39 is 0 Å². The van der Waals surface area contributed by atoms with Gasteiger partial charge in [-0.3, -0.25) is 18.7 Å². The highest BCUT2D eigenvalue weighted by molar-refractivity contribution is 7.15. The second-order valence-corrected chi connectivity index (χ2v) is 7.74. The average molecular weight is 406 g/mol. The molecule has 0 radical (unpaired) electrons. The van der Waals surface area contributed by atoms with Gasteiger partial charge in [0.15, 0.2) is 10.7 Å². The number of hydrogen-bond acceptors (Lipinski definition) is 5.